The van der Waals surface area contributed by atoms with Gasteiger partial charge in [-0.05, 0) is 39.8 Å². The third-order valence-electron chi connectivity index (χ3n) is 2.71. The van der Waals surface area contributed by atoms with Crippen molar-refractivity contribution in [3.8, 4) is 0 Å². The first-order valence-corrected chi connectivity index (χ1v) is 7.88. The van der Waals surface area contributed by atoms with E-state index >= 15 is 0 Å². The molecule has 0 saturated carbocycles. The fourth-order valence-electron chi connectivity index (χ4n) is 2.07. The van der Waals surface area contributed by atoms with Gasteiger partial charge in [0.15, 0.2) is 0 Å². The standard InChI is InChI=1S/C12H17ClN2O4S/c1-8(2)14(9(3)4)20(18,19)10-5-6-11(13)12(7-10)15(16)17/h5-9H,1-4H3. The fourth-order valence-corrected chi connectivity index (χ4v) is 4.11. The molecule has 0 amide bonds. The zero-order chi connectivity index (χ0) is 15.7. The molecular formula is C12H17ClN2O4S. The number of hydrogen-bond acceptors (Lipinski definition) is 4. The van der Waals surface area contributed by atoms with Gasteiger partial charge in [-0.25, -0.2) is 8.42 Å². The highest BCUT2D eigenvalue weighted by Gasteiger charge is 2.31. The smallest absolute Gasteiger partial charge is 0.258 e. The molecule has 0 aliphatic heterocycles. The first-order chi connectivity index (χ1) is 9.09. The maximum Gasteiger partial charge on any atom is 0.289 e. The summed E-state index contributed by atoms with van der Waals surface area (Å²) in [6.07, 6.45) is 0. The van der Waals surface area contributed by atoms with Gasteiger partial charge in [-0.1, -0.05) is 11.6 Å². The van der Waals surface area contributed by atoms with E-state index in [1.54, 1.807) is 27.7 Å². The van der Waals surface area contributed by atoms with Crippen molar-refractivity contribution in [2.24, 2.45) is 0 Å². The second-order valence-corrected chi connectivity index (χ2v) is 7.14. The van der Waals surface area contributed by atoms with E-state index in [1.807, 2.05) is 0 Å². The quantitative estimate of drug-likeness (QED) is 0.617. The lowest BCUT2D eigenvalue weighted by molar-refractivity contribution is -0.384. The molecule has 8 heteroatoms. The Morgan fingerprint density at radius 2 is 1.70 bits per heavy atom. The number of halogens is 1. The lowest BCUT2D eigenvalue weighted by Gasteiger charge is -2.29. The third-order valence-corrected chi connectivity index (χ3v) is 5.28. The minimum absolute atomic E-state index is 0.0883. The van der Waals surface area contributed by atoms with Gasteiger partial charge in [-0.15, -0.1) is 0 Å². The molecule has 0 saturated heterocycles. The predicted molar refractivity (Wildman–Crippen MR) is 77.4 cm³/mol. The van der Waals surface area contributed by atoms with Gasteiger partial charge >= 0.3 is 0 Å². The summed E-state index contributed by atoms with van der Waals surface area (Å²) in [5.74, 6) is 0. The second kappa shape index (κ2) is 6.07. The van der Waals surface area contributed by atoms with E-state index in [-0.39, 0.29) is 22.0 Å². The summed E-state index contributed by atoms with van der Waals surface area (Å²) < 4.78 is 26.4. The van der Waals surface area contributed by atoms with Crippen molar-refractivity contribution < 1.29 is 13.3 Å². The molecule has 1 aromatic carbocycles. The number of benzene rings is 1. The molecule has 1 aromatic rings. The summed E-state index contributed by atoms with van der Waals surface area (Å²) in [5, 5.41) is 10.8. The molecule has 0 unspecified atom stereocenters. The summed E-state index contributed by atoms with van der Waals surface area (Å²) >= 11 is 5.70. The van der Waals surface area contributed by atoms with Crippen LogP contribution in [0.3, 0.4) is 0 Å². The lowest BCUT2D eigenvalue weighted by atomic mass is 10.3. The maximum atomic E-state index is 12.6. The van der Waals surface area contributed by atoms with Crippen LogP contribution in [0.5, 0.6) is 0 Å². The van der Waals surface area contributed by atoms with Crippen LogP contribution >= 0.6 is 11.6 Å². The van der Waals surface area contributed by atoms with Gasteiger partial charge in [-0.2, -0.15) is 4.31 Å². The summed E-state index contributed by atoms with van der Waals surface area (Å²) in [5.41, 5.74) is -0.416. The summed E-state index contributed by atoms with van der Waals surface area (Å²) in [7, 11) is -3.80. The van der Waals surface area contributed by atoms with Crippen LogP contribution in [0, 0.1) is 10.1 Å². The van der Waals surface area contributed by atoms with Gasteiger partial charge in [0.2, 0.25) is 10.0 Å². The number of nitro benzene ring substituents is 1. The fraction of sp³-hybridized carbons (Fsp3) is 0.500. The van der Waals surface area contributed by atoms with E-state index in [0.717, 1.165) is 6.07 Å². The molecule has 0 aliphatic carbocycles. The van der Waals surface area contributed by atoms with E-state index in [1.165, 1.54) is 16.4 Å². The number of rotatable bonds is 5. The van der Waals surface area contributed by atoms with E-state index in [0.29, 0.717) is 0 Å². The Labute approximate surface area is 123 Å². The van der Waals surface area contributed by atoms with E-state index < -0.39 is 20.6 Å². The van der Waals surface area contributed by atoms with Gasteiger partial charge in [0, 0.05) is 18.2 Å². The Kier molecular flexibility index (Phi) is 5.12. The zero-order valence-corrected chi connectivity index (χ0v) is 13.3. The van der Waals surface area contributed by atoms with E-state index in [2.05, 4.69) is 0 Å². The monoisotopic (exact) mass is 320 g/mol. The van der Waals surface area contributed by atoms with E-state index in [9.17, 15) is 18.5 Å². The zero-order valence-electron chi connectivity index (χ0n) is 11.7. The van der Waals surface area contributed by atoms with Crippen LogP contribution in [0.4, 0.5) is 5.69 Å². The minimum Gasteiger partial charge on any atom is -0.258 e. The molecule has 0 radical (unpaired) electrons. The second-order valence-electron chi connectivity index (χ2n) is 4.89. The van der Waals surface area contributed by atoms with Crippen LogP contribution in [0.1, 0.15) is 27.7 Å². The summed E-state index contributed by atoms with van der Waals surface area (Å²) in [6, 6.07) is 2.99. The van der Waals surface area contributed by atoms with Crippen molar-refractivity contribution in [1.29, 1.82) is 0 Å². The number of hydrogen-bond donors (Lipinski definition) is 0. The van der Waals surface area contributed by atoms with Crippen LogP contribution in [0.2, 0.25) is 5.02 Å². The molecule has 0 N–H and O–H groups in total. The summed E-state index contributed by atoms with van der Waals surface area (Å²) in [6.45, 7) is 7.01. The molecule has 0 aliphatic rings. The van der Waals surface area contributed by atoms with Crippen molar-refractivity contribution in [2.45, 2.75) is 44.7 Å². The van der Waals surface area contributed by atoms with Gasteiger partial charge in [0.1, 0.15) is 5.02 Å². The third kappa shape index (κ3) is 3.28. The molecule has 0 aromatic heterocycles. The maximum absolute atomic E-state index is 12.6. The lowest BCUT2D eigenvalue weighted by Crippen LogP contribution is -2.41. The van der Waals surface area contributed by atoms with Crippen LogP contribution in [-0.2, 0) is 10.0 Å². The molecule has 0 bridgehead atoms. The molecular weight excluding hydrogens is 304 g/mol. The minimum atomic E-state index is -3.80. The normalized spacial score (nSPS) is 12.4. The Morgan fingerprint density at radius 1 is 1.20 bits per heavy atom. The first kappa shape index (κ1) is 16.9. The topological polar surface area (TPSA) is 80.5 Å². The van der Waals surface area contributed by atoms with Gasteiger partial charge in [0.25, 0.3) is 5.69 Å². The first-order valence-electron chi connectivity index (χ1n) is 6.06. The predicted octanol–water partition coefficient (Wildman–Crippen LogP) is 3.06. The van der Waals surface area contributed by atoms with Gasteiger partial charge in [0.05, 0.1) is 9.82 Å². The SMILES string of the molecule is CC(C)N(C(C)C)S(=O)(=O)c1ccc(Cl)c([N+](=O)[O-])c1. The Morgan fingerprint density at radius 3 is 2.10 bits per heavy atom. The molecule has 6 nitrogen and oxygen atoms in total. The number of sulfonamides is 1. The molecule has 0 heterocycles. The number of nitrogens with zero attached hydrogens (tertiary/aromatic N) is 2. The molecule has 0 spiro atoms. The van der Waals surface area contributed by atoms with Gasteiger partial charge < -0.3 is 0 Å². The van der Waals surface area contributed by atoms with Gasteiger partial charge in [-0.3, -0.25) is 10.1 Å². The molecule has 112 valence electrons. The Bertz CT molecular complexity index is 606. The molecule has 1 rings (SSSR count). The van der Waals surface area contributed by atoms with E-state index in [4.69, 9.17) is 11.6 Å². The average Bonchev–Trinajstić information content (AvgIpc) is 2.26. The highest BCUT2D eigenvalue weighted by molar-refractivity contribution is 7.89. The summed E-state index contributed by atoms with van der Waals surface area (Å²) in [4.78, 5) is 10.0. The molecule has 0 atom stereocenters. The highest BCUT2D eigenvalue weighted by Crippen LogP contribution is 2.29. The van der Waals surface area contributed by atoms with Crippen LogP contribution in [0.15, 0.2) is 23.1 Å². The Balaban J connectivity index is 3.42. The van der Waals surface area contributed by atoms with Crippen molar-refractivity contribution in [2.75, 3.05) is 0 Å². The Hall–Kier alpha value is -1.18. The van der Waals surface area contributed by atoms with Crippen molar-refractivity contribution >= 4 is 27.3 Å². The number of nitro groups is 1. The van der Waals surface area contributed by atoms with Crippen LogP contribution in [0.25, 0.3) is 0 Å². The van der Waals surface area contributed by atoms with Crippen molar-refractivity contribution in [3.63, 3.8) is 0 Å². The largest absolute Gasteiger partial charge is 0.289 e. The molecule has 0 fully saturated rings. The molecule has 20 heavy (non-hydrogen) atoms. The van der Waals surface area contributed by atoms with Crippen molar-refractivity contribution in [1.82, 2.24) is 4.31 Å². The van der Waals surface area contributed by atoms with Crippen LogP contribution < -0.4 is 0 Å². The van der Waals surface area contributed by atoms with Crippen molar-refractivity contribution in [3.05, 3.63) is 33.3 Å². The average molecular weight is 321 g/mol. The van der Waals surface area contributed by atoms with Crippen LogP contribution in [-0.4, -0.2) is 29.7 Å². The highest BCUT2D eigenvalue weighted by atomic mass is 35.5.